The van der Waals surface area contributed by atoms with Crippen molar-refractivity contribution >= 4 is 21.7 Å². The summed E-state index contributed by atoms with van der Waals surface area (Å²) in [5, 5.41) is 0. The maximum absolute atomic E-state index is 11.6. The van der Waals surface area contributed by atoms with Crippen molar-refractivity contribution in [3.63, 3.8) is 0 Å². The van der Waals surface area contributed by atoms with Crippen LogP contribution in [0.4, 0.5) is 0 Å². The van der Waals surface area contributed by atoms with Crippen LogP contribution >= 0.6 is 15.9 Å². The minimum atomic E-state index is 0.115. The first-order chi connectivity index (χ1) is 7.09. The first kappa shape index (κ1) is 11.1. The molecule has 0 aromatic rings. The summed E-state index contributed by atoms with van der Waals surface area (Å²) in [5.41, 5.74) is 2.67. The second-order valence-electron chi connectivity index (χ2n) is 4.92. The van der Waals surface area contributed by atoms with Crippen LogP contribution in [0, 0.1) is 11.3 Å². The zero-order chi connectivity index (χ0) is 11.1. The van der Waals surface area contributed by atoms with Gasteiger partial charge in [0, 0.05) is 5.41 Å². The topological polar surface area (TPSA) is 17.1 Å². The molecule has 0 bridgehead atoms. The molecule has 0 radical (unpaired) electrons. The van der Waals surface area contributed by atoms with E-state index in [0.717, 1.165) is 18.4 Å². The summed E-state index contributed by atoms with van der Waals surface area (Å²) in [4.78, 5) is 13.7. The van der Waals surface area contributed by atoms with Crippen LogP contribution in [-0.2, 0) is 4.79 Å². The van der Waals surface area contributed by atoms with Gasteiger partial charge in [-0.15, -0.1) is 0 Å². The molecule has 0 spiro atoms. The van der Waals surface area contributed by atoms with E-state index < -0.39 is 0 Å². The molecule has 1 nitrogen and oxygen atoms in total. The lowest BCUT2D eigenvalue weighted by Gasteiger charge is -2.40. The van der Waals surface area contributed by atoms with Crippen molar-refractivity contribution in [2.24, 2.45) is 11.3 Å². The van der Waals surface area contributed by atoms with E-state index in [9.17, 15) is 4.79 Å². The third-order valence-electron chi connectivity index (χ3n) is 4.07. The Morgan fingerprint density at radius 1 is 1.67 bits per heavy atom. The summed E-state index contributed by atoms with van der Waals surface area (Å²) in [5.74, 6) is 0.820. The van der Waals surface area contributed by atoms with Crippen molar-refractivity contribution in [3.8, 4) is 0 Å². The predicted octanol–water partition coefficient (Wildman–Crippen LogP) is 3.99. The fourth-order valence-corrected chi connectivity index (χ4v) is 3.84. The number of rotatable bonds is 1. The SMILES string of the molecule is CC(=O)C1=CC[C@H]2C(=CBr)CCC[C@@]12C. The zero-order valence-electron chi connectivity index (χ0n) is 9.35. The van der Waals surface area contributed by atoms with Gasteiger partial charge in [0.25, 0.3) is 0 Å². The molecule has 1 saturated carbocycles. The van der Waals surface area contributed by atoms with Gasteiger partial charge in [0.05, 0.1) is 0 Å². The van der Waals surface area contributed by atoms with Gasteiger partial charge in [-0.25, -0.2) is 0 Å². The van der Waals surface area contributed by atoms with Gasteiger partial charge in [-0.2, -0.15) is 0 Å². The van der Waals surface area contributed by atoms with E-state index in [1.54, 1.807) is 6.92 Å². The molecule has 2 rings (SSSR count). The molecule has 2 aliphatic rings. The molecular formula is C13H17BrO. The number of halogens is 1. The van der Waals surface area contributed by atoms with E-state index in [4.69, 9.17) is 0 Å². The molecule has 0 heterocycles. The molecule has 2 heteroatoms. The lowest BCUT2D eigenvalue weighted by atomic mass is 9.64. The Labute approximate surface area is 99.8 Å². The largest absolute Gasteiger partial charge is 0.295 e. The van der Waals surface area contributed by atoms with Gasteiger partial charge >= 0.3 is 0 Å². The number of allylic oxidation sites excluding steroid dienone is 3. The molecule has 2 atom stereocenters. The Bertz CT molecular complexity index is 354. The Kier molecular flexibility index (Phi) is 2.89. The number of ketones is 1. The second-order valence-corrected chi connectivity index (χ2v) is 5.38. The van der Waals surface area contributed by atoms with Crippen molar-refractivity contribution in [2.45, 2.75) is 39.5 Å². The molecule has 0 aromatic carbocycles. The van der Waals surface area contributed by atoms with E-state index in [1.807, 2.05) is 0 Å². The number of hydrogen-bond donors (Lipinski definition) is 0. The van der Waals surface area contributed by atoms with E-state index >= 15 is 0 Å². The van der Waals surface area contributed by atoms with Gasteiger partial charge in [-0.05, 0) is 49.1 Å². The zero-order valence-corrected chi connectivity index (χ0v) is 10.9. The van der Waals surface area contributed by atoms with Crippen LogP contribution in [0.15, 0.2) is 22.2 Å². The lowest BCUT2D eigenvalue weighted by Crippen LogP contribution is -2.32. The first-order valence-electron chi connectivity index (χ1n) is 5.60. The van der Waals surface area contributed by atoms with Gasteiger partial charge < -0.3 is 0 Å². The maximum atomic E-state index is 11.6. The highest BCUT2D eigenvalue weighted by atomic mass is 79.9. The number of carbonyl (C=O) groups is 1. The Morgan fingerprint density at radius 3 is 3.00 bits per heavy atom. The van der Waals surface area contributed by atoms with E-state index in [-0.39, 0.29) is 11.2 Å². The minimum absolute atomic E-state index is 0.115. The molecule has 0 saturated heterocycles. The molecule has 0 aromatic heterocycles. The maximum Gasteiger partial charge on any atom is 0.156 e. The van der Waals surface area contributed by atoms with Crippen molar-refractivity contribution in [1.82, 2.24) is 0 Å². The van der Waals surface area contributed by atoms with Crippen LogP contribution in [-0.4, -0.2) is 5.78 Å². The van der Waals surface area contributed by atoms with Gasteiger partial charge in [0.2, 0.25) is 0 Å². The average molecular weight is 269 g/mol. The smallest absolute Gasteiger partial charge is 0.156 e. The second kappa shape index (κ2) is 3.89. The molecule has 15 heavy (non-hydrogen) atoms. The highest BCUT2D eigenvalue weighted by molar-refractivity contribution is 9.11. The minimum Gasteiger partial charge on any atom is -0.295 e. The molecule has 0 aliphatic heterocycles. The number of Topliss-reactive ketones (excluding diaryl/α,β-unsaturated/α-hetero) is 1. The van der Waals surface area contributed by atoms with E-state index in [0.29, 0.717) is 5.92 Å². The molecule has 2 aliphatic carbocycles. The average Bonchev–Trinajstić information content (AvgIpc) is 2.54. The Balaban J connectivity index is 2.36. The summed E-state index contributed by atoms with van der Waals surface area (Å²) in [7, 11) is 0. The number of fused-ring (bicyclic) bond motifs is 1. The summed E-state index contributed by atoms with van der Waals surface area (Å²) in [6, 6.07) is 0. The van der Waals surface area contributed by atoms with Gasteiger partial charge in [-0.1, -0.05) is 34.5 Å². The monoisotopic (exact) mass is 268 g/mol. The van der Waals surface area contributed by atoms with Crippen molar-refractivity contribution < 1.29 is 4.79 Å². The molecule has 0 N–H and O–H groups in total. The van der Waals surface area contributed by atoms with Crippen molar-refractivity contribution in [1.29, 1.82) is 0 Å². The van der Waals surface area contributed by atoms with Crippen LogP contribution in [0.2, 0.25) is 0 Å². The van der Waals surface area contributed by atoms with Crippen LogP contribution in [0.3, 0.4) is 0 Å². The van der Waals surface area contributed by atoms with Gasteiger partial charge in [0.15, 0.2) is 5.78 Å². The van der Waals surface area contributed by atoms with Crippen LogP contribution in [0.25, 0.3) is 0 Å². The number of hydrogen-bond acceptors (Lipinski definition) is 1. The Hall–Kier alpha value is -0.370. The van der Waals surface area contributed by atoms with Crippen LogP contribution < -0.4 is 0 Å². The summed E-state index contributed by atoms with van der Waals surface area (Å²) in [6.45, 7) is 3.96. The molecule has 1 fully saturated rings. The predicted molar refractivity (Wildman–Crippen MR) is 65.8 cm³/mol. The van der Waals surface area contributed by atoms with Crippen molar-refractivity contribution in [2.75, 3.05) is 0 Å². The fourth-order valence-electron chi connectivity index (χ4n) is 3.30. The van der Waals surface area contributed by atoms with Crippen molar-refractivity contribution in [3.05, 3.63) is 22.2 Å². The van der Waals surface area contributed by atoms with Gasteiger partial charge in [-0.3, -0.25) is 4.79 Å². The normalized spacial score (nSPS) is 37.7. The third kappa shape index (κ3) is 1.63. The third-order valence-corrected chi connectivity index (χ3v) is 4.66. The molecule has 0 amide bonds. The molecular weight excluding hydrogens is 252 g/mol. The summed E-state index contributed by atoms with van der Waals surface area (Å²) in [6.07, 6.45) is 6.75. The Morgan fingerprint density at radius 2 is 2.40 bits per heavy atom. The molecule has 82 valence electrons. The quantitative estimate of drug-likeness (QED) is 0.703. The first-order valence-corrected chi connectivity index (χ1v) is 6.52. The standard InChI is InChI=1S/C13H17BrO/c1-9(15)11-5-6-12-10(8-14)4-3-7-13(11,12)2/h5,8,12H,3-4,6-7H2,1-2H3/t12-,13-/m0/s1. The highest BCUT2D eigenvalue weighted by Crippen LogP contribution is 2.54. The highest BCUT2D eigenvalue weighted by Gasteiger charge is 2.45. The summed E-state index contributed by atoms with van der Waals surface area (Å²) >= 11 is 3.46. The van der Waals surface area contributed by atoms with Gasteiger partial charge in [0.1, 0.15) is 0 Å². The van der Waals surface area contributed by atoms with E-state index in [1.165, 1.54) is 18.4 Å². The lowest BCUT2D eigenvalue weighted by molar-refractivity contribution is -0.114. The van der Waals surface area contributed by atoms with E-state index in [2.05, 4.69) is 33.9 Å². The van der Waals surface area contributed by atoms with Crippen LogP contribution in [0.1, 0.15) is 39.5 Å². The molecule has 0 unspecified atom stereocenters. The summed E-state index contributed by atoms with van der Waals surface area (Å²) < 4.78 is 0. The van der Waals surface area contributed by atoms with Crippen LogP contribution in [0.5, 0.6) is 0 Å². The number of carbonyl (C=O) groups excluding carboxylic acids is 1. The fraction of sp³-hybridized carbons (Fsp3) is 0.615.